The van der Waals surface area contributed by atoms with E-state index in [1.807, 2.05) is 31.3 Å². The number of halogens is 1. The molecule has 3 aromatic carbocycles. The van der Waals surface area contributed by atoms with Gasteiger partial charge in [-0.1, -0.05) is 24.6 Å². The average molecular weight is 519 g/mol. The van der Waals surface area contributed by atoms with Crippen LogP contribution in [0.2, 0.25) is 0 Å². The van der Waals surface area contributed by atoms with Gasteiger partial charge in [0.25, 0.3) is 0 Å². The van der Waals surface area contributed by atoms with Crippen molar-refractivity contribution in [3.8, 4) is 17.2 Å². The molecule has 1 aliphatic heterocycles. The first kappa shape index (κ1) is 26.4. The molecule has 0 unspecified atom stereocenters. The number of rotatable bonds is 9. The van der Waals surface area contributed by atoms with Crippen LogP contribution in [-0.4, -0.2) is 50.4 Å². The molecular formula is C32H39FN2O3. The van der Waals surface area contributed by atoms with Crippen LogP contribution in [-0.2, 0) is 19.4 Å². The number of aromatic hydroxyl groups is 1. The molecule has 0 amide bonds. The molecule has 0 aromatic heterocycles. The molecule has 0 spiro atoms. The summed E-state index contributed by atoms with van der Waals surface area (Å²) in [7, 11) is 3.73. The molecule has 5 nitrogen and oxygen atoms in total. The van der Waals surface area contributed by atoms with E-state index < -0.39 is 0 Å². The maximum absolute atomic E-state index is 14.9. The third-order valence-electron chi connectivity index (χ3n) is 8.04. The summed E-state index contributed by atoms with van der Waals surface area (Å²) in [5.74, 6) is 1.51. The summed E-state index contributed by atoms with van der Waals surface area (Å²) in [6, 6.07) is 17.3. The number of anilines is 1. The summed E-state index contributed by atoms with van der Waals surface area (Å²) in [5, 5.41) is 9.86. The van der Waals surface area contributed by atoms with Gasteiger partial charge in [0.2, 0.25) is 0 Å². The van der Waals surface area contributed by atoms with Gasteiger partial charge in [0.1, 0.15) is 18.1 Å². The first-order valence-electron chi connectivity index (χ1n) is 13.8. The first-order valence-corrected chi connectivity index (χ1v) is 13.8. The third-order valence-corrected chi connectivity index (χ3v) is 8.04. The zero-order valence-corrected chi connectivity index (χ0v) is 22.6. The van der Waals surface area contributed by atoms with Crippen molar-refractivity contribution in [3.63, 3.8) is 0 Å². The Bertz CT molecular complexity index is 1240. The van der Waals surface area contributed by atoms with Crippen molar-refractivity contribution in [3.05, 3.63) is 82.7 Å². The molecular weight excluding hydrogens is 479 g/mol. The van der Waals surface area contributed by atoms with Gasteiger partial charge < -0.3 is 19.5 Å². The zero-order valence-electron chi connectivity index (χ0n) is 22.6. The molecule has 6 heteroatoms. The molecule has 0 radical (unpaired) electrons. The SMILES string of the molecule is COc1ccc([C@@H]2CCc3cc(O)ccc3C2)c(N(C)Cc2ccc(OCCN3CCCCC3)c(F)c2)c1. The molecule has 1 fully saturated rings. The number of methoxy groups -OCH3 is 1. The van der Waals surface area contributed by atoms with Crippen LogP contribution in [0.5, 0.6) is 17.2 Å². The lowest BCUT2D eigenvalue weighted by Gasteiger charge is -2.30. The fourth-order valence-electron chi connectivity index (χ4n) is 5.92. The number of hydrogen-bond donors (Lipinski definition) is 1. The van der Waals surface area contributed by atoms with E-state index in [9.17, 15) is 9.50 Å². The van der Waals surface area contributed by atoms with Crippen LogP contribution in [0, 0.1) is 5.82 Å². The van der Waals surface area contributed by atoms with Gasteiger partial charge in [-0.2, -0.15) is 0 Å². The van der Waals surface area contributed by atoms with Gasteiger partial charge in [0.15, 0.2) is 11.6 Å². The van der Waals surface area contributed by atoms with Gasteiger partial charge in [-0.05, 0) is 104 Å². The standard InChI is InChI=1S/C32H39FN2O3/c1-34(22-23-6-13-32(30(33)18-23)38-17-16-35-14-4-3-5-15-35)31-21-28(37-2)11-12-29(31)26-8-7-25-20-27(36)10-9-24(25)19-26/h6,9-13,18,20-21,26,36H,3-5,7-8,14-17,19,22H2,1-2H3/t26-/m1/s1. The van der Waals surface area contributed by atoms with E-state index in [0.717, 1.165) is 55.9 Å². The highest BCUT2D eigenvalue weighted by Crippen LogP contribution is 2.40. The Morgan fingerprint density at radius 1 is 1.00 bits per heavy atom. The van der Waals surface area contributed by atoms with Gasteiger partial charge in [-0.15, -0.1) is 0 Å². The minimum atomic E-state index is -0.312. The lowest BCUT2D eigenvalue weighted by molar-refractivity contribution is 0.180. The number of likely N-dealkylation sites (tertiary alicyclic amines) is 1. The van der Waals surface area contributed by atoms with Crippen molar-refractivity contribution in [1.82, 2.24) is 4.90 Å². The number of piperidine rings is 1. The van der Waals surface area contributed by atoms with E-state index in [4.69, 9.17) is 9.47 Å². The summed E-state index contributed by atoms with van der Waals surface area (Å²) in [6.07, 6.45) is 6.67. The van der Waals surface area contributed by atoms with E-state index in [1.54, 1.807) is 25.3 Å². The average Bonchev–Trinajstić information content (AvgIpc) is 2.94. The summed E-state index contributed by atoms with van der Waals surface area (Å²) in [4.78, 5) is 4.57. The van der Waals surface area contributed by atoms with Gasteiger partial charge in [0.05, 0.1) is 7.11 Å². The zero-order chi connectivity index (χ0) is 26.5. The van der Waals surface area contributed by atoms with Crippen molar-refractivity contribution in [1.29, 1.82) is 0 Å². The predicted octanol–water partition coefficient (Wildman–Crippen LogP) is 6.31. The molecule has 3 aromatic rings. The van der Waals surface area contributed by atoms with Gasteiger partial charge in [-0.25, -0.2) is 4.39 Å². The number of nitrogens with zero attached hydrogens (tertiary/aromatic N) is 2. The normalized spacial score (nSPS) is 17.6. The Morgan fingerprint density at radius 3 is 2.63 bits per heavy atom. The summed E-state index contributed by atoms with van der Waals surface area (Å²) < 4.78 is 26.3. The van der Waals surface area contributed by atoms with Crippen molar-refractivity contribution in [2.75, 3.05) is 45.3 Å². The van der Waals surface area contributed by atoms with Gasteiger partial charge in [-0.3, -0.25) is 4.90 Å². The number of fused-ring (bicyclic) bond motifs is 1. The lowest BCUT2D eigenvalue weighted by Crippen LogP contribution is -2.33. The number of hydrogen-bond acceptors (Lipinski definition) is 5. The Balaban J connectivity index is 1.27. The molecule has 5 rings (SSSR count). The molecule has 1 heterocycles. The summed E-state index contributed by atoms with van der Waals surface area (Å²) in [6.45, 7) is 4.14. The van der Waals surface area contributed by atoms with Crippen LogP contribution in [0.25, 0.3) is 0 Å². The van der Waals surface area contributed by atoms with E-state index >= 15 is 0 Å². The van der Waals surface area contributed by atoms with Crippen molar-refractivity contribution in [2.45, 2.75) is 51.0 Å². The van der Waals surface area contributed by atoms with Crippen LogP contribution in [0.15, 0.2) is 54.6 Å². The Morgan fingerprint density at radius 2 is 1.84 bits per heavy atom. The lowest BCUT2D eigenvalue weighted by atomic mass is 9.79. The molecule has 202 valence electrons. The second-order valence-electron chi connectivity index (χ2n) is 10.7. The molecule has 1 N–H and O–H groups in total. The maximum atomic E-state index is 14.9. The van der Waals surface area contributed by atoms with Crippen LogP contribution >= 0.6 is 0 Å². The van der Waals surface area contributed by atoms with Gasteiger partial charge >= 0.3 is 0 Å². The maximum Gasteiger partial charge on any atom is 0.165 e. The molecule has 1 aliphatic carbocycles. The van der Waals surface area contributed by atoms with Crippen molar-refractivity contribution < 1.29 is 19.0 Å². The minimum Gasteiger partial charge on any atom is -0.508 e. The number of benzene rings is 3. The fraction of sp³-hybridized carbons (Fsp3) is 0.438. The van der Waals surface area contributed by atoms with E-state index in [1.165, 1.54) is 36.0 Å². The van der Waals surface area contributed by atoms with Crippen LogP contribution in [0.1, 0.15) is 53.9 Å². The quantitative estimate of drug-likeness (QED) is 0.360. The highest BCUT2D eigenvalue weighted by atomic mass is 19.1. The Kier molecular flexibility index (Phi) is 8.38. The van der Waals surface area contributed by atoms with E-state index in [-0.39, 0.29) is 5.82 Å². The van der Waals surface area contributed by atoms with Crippen LogP contribution < -0.4 is 14.4 Å². The van der Waals surface area contributed by atoms with Crippen LogP contribution in [0.3, 0.4) is 0 Å². The number of phenols is 1. The topological polar surface area (TPSA) is 45.2 Å². The number of ether oxygens (including phenoxy) is 2. The summed E-state index contributed by atoms with van der Waals surface area (Å²) in [5.41, 5.74) is 5.79. The number of aryl methyl sites for hydroxylation is 1. The molecule has 0 saturated carbocycles. The second kappa shape index (κ2) is 12.1. The Labute approximate surface area is 225 Å². The Hall–Kier alpha value is -3.25. The first-order chi connectivity index (χ1) is 18.5. The largest absolute Gasteiger partial charge is 0.508 e. The molecule has 1 saturated heterocycles. The smallest absolute Gasteiger partial charge is 0.165 e. The van der Waals surface area contributed by atoms with Crippen molar-refractivity contribution >= 4 is 5.69 Å². The molecule has 2 aliphatic rings. The predicted molar refractivity (Wildman–Crippen MR) is 150 cm³/mol. The van der Waals surface area contributed by atoms with Crippen LogP contribution in [0.4, 0.5) is 10.1 Å². The third kappa shape index (κ3) is 6.24. The highest BCUT2D eigenvalue weighted by Gasteiger charge is 2.24. The molecule has 0 bridgehead atoms. The summed E-state index contributed by atoms with van der Waals surface area (Å²) >= 11 is 0. The second-order valence-corrected chi connectivity index (χ2v) is 10.7. The number of phenolic OH excluding ortho intramolecular Hbond substituents is 1. The van der Waals surface area contributed by atoms with E-state index in [0.29, 0.717) is 30.6 Å². The minimum absolute atomic E-state index is 0.312. The van der Waals surface area contributed by atoms with Crippen molar-refractivity contribution in [2.24, 2.45) is 0 Å². The van der Waals surface area contributed by atoms with Gasteiger partial charge in [0, 0.05) is 31.9 Å². The fourth-order valence-corrected chi connectivity index (χ4v) is 5.92. The monoisotopic (exact) mass is 518 g/mol. The highest BCUT2D eigenvalue weighted by molar-refractivity contribution is 5.59. The van der Waals surface area contributed by atoms with E-state index in [2.05, 4.69) is 21.9 Å². The molecule has 38 heavy (non-hydrogen) atoms. The molecule has 1 atom stereocenters.